The predicted octanol–water partition coefficient (Wildman–Crippen LogP) is 3.44. The molecule has 2 aromatic carbocycles. The molecule has 1 atom stereocenters. The molecule has 0 unspecified atom stereocenters. The number of para-hydroxylation sites is 1. The zero-order chi connectivity index (χ0) is 17.6. The summed E-state index contributed by atoms with van der Waals surface area (Å²) in [5, 5.41) is 2.98. The van der Waals surface area contributed by atoms with Gasteiger partial charge in [-0.25, -0.2) is 0 Å². The van der Waals surface area contributed by atoms with Crippen LogP contribution < -0.4 is 10.2 Å². The molecule has 1 aliphatic rings. The third-order valence-electron chi connectivity index (χ3n) is 4.34. The Kier molecular flexibility index (Phi) is 5.76. The molecule has 130 valence electrons. The molecule has 2 aromatic rings. The lowest BCUT2D eigenvalue weighted by Gasteiger charge is -2.28. The first-order valence-electron chi connectivity index (χ1n) is 8.49. The van der Waals surface area contributed by atoms with Gasteiger partial charge in [-0.15, -0.1) is 11.8 Å². The van der Waals surface area contributed by atoms with E-state index >= 15 is 0 Å². The Bertz CT molecular complexity index is 748. The van der Waals surface area contributed by atoms with Crippen LogP contribution in [0.15, 0.2) is 59.5 Å². The van der Waals surface area contributed by atoms with Gasteiger partial charge in [0.2, 0.25) is 11.8 Å². The van der Waals surface area contributed by atoms with Gasteiger partial charge in [0.15, 0.2) is 0 Å². The Morgan fingerprint density at radius 2 is 1.88 bits per heavy atom. The van der Waals surface area contributed by atoms with Crippen LogP contribution in [0, 0.1) is 0 Å². The minimum atomic E-state index is -0.0220. The van der Waals surface area contributed by atoms with E-state index in [1.54, 1.807) is 16.7 Å². The molecule has 5 heteroatoms. The molecule has 3 rings (SSSR count). The fourth-order valence-corrected chi connectivity index (χ4v) is 3.80. The average Bonchev–Trinajstić information content (AvgIpc) is 2.66. The van der Waals surface area contributed by atoms with Crippen molar-refractivity contribution in [3.05, 3.63) is 60.2 Å². The van der Waals surface area contributed by atoms with E-state index in [9.17, 15) is 9.59 Å². The smallest absolute Gasteiger partial charge is 0.237 e. The number of nitrogens with zero attached hydrogens (tertiary/aromatic N) is 1. The molecule has 0 aromatic heterocycles. The van der Waals surface area contributed by atoms with Gasteiger partial charge in [-0.2, -0.15) is 0 Å². The molecule has 2 amide bonds. The van der Waals surface area contributed by atoms with E-state index in [1.165, 1.54) is 5.56 Å². The van der Waals surface area contributed by atoms with Gasteiger partial charge in [0, 0.05) is 24.4 Å². The van der Waals surface area contributed by atoms with E-state index in [-0.39, 0.29) is 17.7 Å². The number of nitrogens with one attached hydrogen (secondary N) is 1. The molecule has 1 N–H and O–H groups in total. The maximum Gasteiger partial charge on any atom is 0.237 e. The van der Waals surface area contributed by atoms with Gasteiger partial charge in [0.05, 0.1) is 11.4 Å². The van der Waals surface area contributed by atoms with Crippen LogP contribution in [-0.2, 0) is 9.59 Å². The van der Waals surface area contributed by atoms with Crippen molar-refractivity contribution in [2.45, 2.75) is 24.2 Å². The Labute approximate surface area is 152 Å². The van der Waals surface area contributed by atoms with Crippen molar-refractivity contribution >= 4 is 29.3 Å². The molecular formula is C20H22N2O2S. The fourth-order valence-electron chi connectivity index (χ4n) is 2.87. The zero-order valence-corrected chi connectivity index (χ0v) is 15.1. The van der Waals surface area contributed by atoms with Crippen molar-refractivity contribution in [3.63, 3.8) is 0 Å². The van der Waals surface area contributed by atoms with E-state index < -0.39 is 0 Å². The van der Waals surface area contributed by atoms with Crippen LogP contribution in [0.4, 0.5) is 5.69 Å². The van der Waals surface area contributed by atoms with Gasteiger partial charge >= 0.3 is 0 Å². The minimum Gasteiger partial charge on any atom is -0.355 e. The summed E-state index contributed by atoms with van der Waals surface area (Å²) in [5.41, 5.74) is 2.12. The number of carbonyl (C=O) groups excluding carboxylic acids is 2. The number of hydrogen-bond acceptors (Lipinski definition) is 3. The van der Waals surface area contributed by atoms with Crippen molar-refractivity contribution in [2.24, 2.45) is 0 Å². The molecule has 0 bridgehead atoms. The van der Waals surface area contributed by atoms with Crippen LogP contribution in [0.25, 0.3) is 0 Å². The highest BCUT2D eigenvalue weighted by Gasteiger charge is 2.24. The molecule has 0 spiro atoms. The van der Waals surface area contributed by atoms with Crippen molar-refractivity contribution in [2.75, 3.05) is 23.7 Å². The number of benzene rings is 2. The van der Waals surface area contributed by atoms with E-state index in [4.69, 9.17) is 0 Å². The average molecular weight is 354 g/mol. The predicted molar refractivity (Wildman–Crippen MR) is 102 cm³/mol. The van der Waals surface area contributed by atoms with Gasteiger partial charge in [-0.1, -0.05) is 49.4 Å². The second kappa shape index (κ2) is 8.21. The van der Waals surface area contributed by atoms with Crippen molar-refractivity contribution in [3.8, 4) is 0 Å². The number of fused-ring (bicyclic) bond motifs is 1. The Balaban J connectivity index is 1.52. The number of thioether (sulfide) groups is 1. The van der Waals surface area contributed by atoms with Crippen molar-refractivity contribution in [1.29, 1.82) is 0 Å². The molecule has 1 heterocycles. The van der Waals surface area contributed by atoms with Crippen LogP contribution >= 0.6 is 11.8 Å². The van der Waals surface area contributed by atoms with Crippen molar-refractivity contribution < 1.29 is 9.59 Å². The first kappa shape index (κ1) is 17.5. The lowest BCUT2D eigenvalue weighted by atomic mass is 10.0. The molecule has 0 radical (unpaired) electrons. The van der Waals surface area contributed by atoms with E-state index in [0.717, 1.165) is 10.6 Å². The number of rotatable bonds is 6. The Morgan fingerprint density at radius 1 is 1.16 bits per heavy atom. The zero-order valence-electron chi connectivity index (χ0n) is 14.3. The SMILES string of the molecule is C[C@H](CNC(=O)CCN1C(=O)CSc2ccccc21)c1ccccc1. The van der Waals surface area contributed by atoms with Crippen LogP contribution in [0.1, 0.15) is 24.8 Å². The normalized spacial score (nSPS) is 14.8. The number of amides is 2. The third-order valence-corrected chi connectivity index (χ3v) is 5.39. The van der Waals surface area contributed by atoms with Gasteiger partial charge in [0.1, 0.15) is 0 Å². The molecule has 0 aliphatic carbocycles. The second-order valence-electron chi connectivity index (χ2n) is 6.17. The molecule has 1 aliphatic heterocycles. The van der Waals surface area contributed by atoms with Gasteiger partial charge < -0.3 is 10.2 Å². The minimum absolute atomic E-state index is 0.0220. The summed E-state index contributed by atoms with van der Waals surface area (Å²) < 4.78 is 0. The highest BCUT2D eigenvalue weighted by atomic mass is 32.2. The van der Waals surface area contributed by atoms with Crippen LogP contribution in [-0.4, -0.2) is 30.7 Å². The summed E-state index contributed by atoms with van der Waals surface area (Å²) in [4.78, 5) is 27.2. The van der Waals surface area contributed by atoms with Crippen LogP contribution in [0.2, 0.25) is 0 Å². The molecule has 0 saturated carbocycles. The summed E-state index contributed by atoms with van der Waals surface area (Å²) in [6.45, 7) is 3.11. The van der Waals surface area contributed by atoms with E-state index in [1.807, 2.05) is 42.5 Å². The lowest BCUT2D eigenvalue weighted by molar-refractivity contribution is -0.121. The summed E-state index contributed by atoms with van der Waals surface area (Å²) in [7, 11) is 0. The molecule has 0 saturated heterocycles. The number of carbonyl (C=O) groups is 2. The van der Waals surface area contributed by atoms with E-state index in [0.29, 0.717) is 25.3 Å². The quantitative estimate of drug-likeness (QED) is 0.864. The van der Waals surface area contributed by atoms with Gasteiger partial charge in [-0.05, 0) is 23.6 Å². The highest BCUT2D eigenvalue weighted by Crippen LogP contribution is 2.34. The number of hydrogen-bond donors (Lipinski definition) is 1. The molecular weight excluding hydrogens is 332 g/mol. The maximum absolute atomic E-state index is 12.2. The topological polar surface area (TPSA) is 49.4 Å². The highest BCUT2D eigenvalue weighted by molar-refractivity contribution is 8.00. The third kappa shape index (κ3) is 4.42. The van der Waals surface area contributed by atoms with Crippen LogP contribution in [0.5, 0.6) is 0 Å². The largest absolute Gasteiger partial charge is 0.355 e. The van der Waals surface area contributed by atoms with Gasteiger partial charge in [-0.3, -0.25) is 9.59 Å². The number of anilines is 1. The Hall–Kier alpha value is -2.27. The summed E-state index contributed by atoms with van der Waals surface area (Å²) >= 11 is 1.55. The summed E-state index contributed by atoms with van der Waals surface area (Å²) in [6.07, 6.45) is 0.312. The monoisotopic (exact) mass is 354 g/mol. The second-order valence-corrected chi connectivity index (χ2v) is 7.18. The van der Waals surface area contributed by atoms with Crippen LogP contribution in [0.3, 0.4) is 0 Å². The van der Waals surface area contributed by atoms with Gasteiger partial charge in [0.25, 0.3) is 0 Å². The van der Waals surface area contributed by atoms with E-state index in [2.05, 4.69) is 24.4 Å². The summed E-state index contributed by atoms with van der Waals surface area (Å²) in [5.74, 6) is 0.739. The Morgan fingerprint density at radius 3 is 2.68 bits per heavy atom. The maximum atomic E-state index is 12.2. The first-order valence-corrected chi connectivity index (χ1v) is 9.47. The van der Waals surface area contributed by atoms with Crippen molar-refractivity contribution in [1.82, 2.24) is 5.32 Å². The standard InChI is InChI=1S/C20H22N2O2S/c1-15(16-7-3-2-4-8-16)13-21-19(23)11-12-22-17-9-5-6-10-18(17)25-14-20(22)24/h2-10,15H,11-14H2,1H3,(H,21,23)/t15-/m1/s1. The first-order chi connectivity index (χ1) is 12.1. The fraction of sp³-hybridized carbons (Fsp3) is 0.300. The molecule has 0 fully saturated rings. The summed E-state index contributed by atoms with van der Waals surface area (Å²) in [6, 6.07) is 18.0. The lowest BCUT2D eigenvalue weighted by Crippen LogP contribution is -2.38. The molecule has 4 nitrogen and oxygen atoms in total. The molecule has 25 heavy (non-hydrogen) atoms.